The van der Waals surface area contributed by atoms with Crippen LogP contribution in [0.4, 0.5) is 0 Å². The lowest BCUT2D eigenvalue weighted by Gasteiger charge is -2.27. The molecule has 2 aromatic rings. The molecule has 0 saturated carbocycles. The highest BCUT2D eigenvalue weighted by atomic mass is 35.5. The SMILES string of the molecule is Cc1cc(Cl)nc(C(=O)N2CCC=C(c3cccnc3)C2)c1. The first-order valence-electron chi connectivity index (χ1n) is 7.16. The third-order valence-corrected chi connectivity index (χ3v) is 3.82. The smallest absolute Gasteiger partial charge is 0.272 e. The van der Waals surface area contributed by atoms with Crippen LogP contribution in [-0.2, 0) is 0 Å². The van der Waals surface area contributed by atoms with E-state index >= 15 is 0 Å². The molecule has 0 aliphatic carbocycles. The molecule has 0 bridgehead atoms. The van der Waals surface area contributed by atoms with Crippen LogP contribution < -0.4 is 0 Å². The average molecular weight is 314 g/mol. The molecule has 22 heavy (non-hydrogen) atoms. The Hall–Kier alpha value is -2.20. The monoisotopic (exact) mass is 313 g/mol. The van der Waals surface area contributed by atoms with E-state index in [1.807, 2.05) is 25.3 Å². The van der Waals surface area contributed by atoms with Crippen molar-refractivity contribution in [3.8, 4) is 0 Å². The van der Waals surface area contributed by atoms with E-state index < -0.39 is 0 Å². The molecular weight excluding hydrogens is 298 g/mol. The molecule has 0 fully saturated rings. The fourth-order valence-corrected chi connectivity index (χ4v) is 2.84. The molecule has 0 saturated heterocycles. The van der Waals surface area contributed by atoms with Gasteiger partial charge in [-0.15, -0.1) is 0 Å². The van der Waals surface area contributed by atoms with Crippen LogP contribution >= 0.6 is 11.6 Å². The van der Waals surface area contributed by atoms with Gasteiger partial charge in [-0.2, -0.15) is 0 Å². The summed E-state index contributed by atoms with van der Waals surface area (Å²) in [5, 5.41) is 0.350. The maximum absolute atomic E-state index is 12.6. The maximum atomic E-state index is 12.6. The van der Waals surface area contributed by atoms with Gasteiger partial charge in [0.05, 0.1) is 0 Å². The predicted molar refractivity (Wildman–Crippen MR) is 86.7 cm³/mol. The van der Waals surface area contributed by atoms with Crippen LogP contribution in [0.15, 0.2) is 42.7 Å². The molecule has 1 aliphatic rings. The molecular formula is C17H16ClN3O. The van der Waals surface area contributed by atoms with Crippen LogP contribution in [0, 0.1) is 6.92 Å². The van der Waals surface area contributed by atoms with Crippen molar-refractivity contribution in [1.82, 2.24) is 14.9 Å². The van der Waals surface area contributed by atoms with Crippen molar-refractivity contribution in [2.75, 3.05) is 13.1 Å². The molecule has 0 radical (unpaired) electrons. The third kappa shape index (κ3) is 3.17. The summed E-state index contributed by atoms with van der Waals surface area (Å²) in [5.41, 5.74) is 3.50. The largest absolute Gasteiger partial charge is 0.333 e. The summed E-state index contributed by atoms with van der Waals surface area (Å²) in [6, 6.07) is 7.43. The van der Waals surface area contributed by atoms with Crippen molar-refractivity contribution in [1.29, 1.82) is 0 Å². The van der Waals surface area contributed by atoms with E-state index in [0.29, 0.717) is 23.9 Å². The Morgan fingerprint density at radius 3 is 2.95 bits per heavy atom. The molecule has 1 amide bonds. The Labute approximate surface area is 134 Å². The zero-order valence-corrected chi connectivity index (χ0v) is 13.0. The highest BCUT2D eigenvalue weighted by Crippen LogP contribution is 2.21. The Bertz CT molecular complexity index is 708. The lowest BCUT2D eigenvalue weighted by Crippen LogP contribution is -2.36. The summed E-state index contributed by atoms with van der Waals surface area (Å²) in [7, 11) is 0. The minimum Gasteiger partial charge on any atom is -0.333 e. The number of carbonyl (C=O) groups is 1. The number of hydrogen-bond donors (Lipinski definition) is 0. The Balaban J connectivity index is 1.81. The molecule has 4 nitrogen and oxygen atoms in total. The third-order valence-electron chi connectivity index (χ3n) is 3.63. The molecule has 0 N–H and O–H groups in total. The van der Waals surface area contributed by atoms with Crippen LogP contribution in [-0.4, -0.2) is 33.9 Å². The predicted octanol–water partition coefficient (Wildman–Crippen LogP) is 3.37. The second-order valence-electron chi connectivity index (χ2n) is 5.34. The summed E-state index contributed by atoms with van der Waals surface area (Å²) < 4.78 is 0. The van der Waals surface area contributed by atoms with E-state index in [9.17, 15) is 4.79 Å². The molecule has 112 valence electrons. The minimum absolute atomic E-state index is 0.0832. The van der Waals surface area contributed by atoms with Crippen molar-refractivity contribution >= 4 is 23.1 Å². The normalized spacial score (nSPS) is 14.6. The van der Waals surface area contributed by atoms with E-state index in [0.717, 1.165) is 23.1 Å². The van der Waals surface area contributed by atoms with Gasteiger partial charge < -0.3 is 4.90 Å². The van der Waals surface area contributed by atoms with Gasteiger partial charge in [-0.1, -0.05) is 23.7 Å². The summed E-state index contributed by atoms with van der Waals surface area (Å²) >= 11 is 5.96. The average Bonchev–Trinajstić information content (AvgIpc) is 2.54. The van der Waals surface area contributed by atoms with Crippen molar-refractivity contribution < 1.29 is 4.79 Å². The Kier molecular flexibility index (Phi) is 4.20. The van der Waals surface area contributed by atoms with Crippen LogP contribution in [0.5, 0.6) is 0 Å². The molecule has 2 aromatic heterocycles. The number of pyridine rings is 2. The molecule has 1 aliphatic heterocycles. The van der Waals surface area contributed by atoms with Gasteiger partial charge >= 0.3 is 0 Å². The van der Waals surface area contributed by atoms with Crippen LogP contribution in [0.1, 0.15) is 28.0 Å². The van der Waals surface area contributed by atoms with Crippen molar-refractivity contribution in [3.05, 3.63) is 64.7 Å². The van der Waals surface area contributed by atoms with Gasteiger partial charge in [0.1, 0.15) is 10.8 Å². The van der Waals surface area contributed by atoms with Gasteiger partial charge in [0.25, 0.3) is 5.91 Å². The second-order valence-corrected chi connectivity index (χ2v) is 5.73. The first-order valence-corrected chi connectivity index (χ1v) is 7.54. The number of amides is 1. The molecule has 3 heterocycles. The summed E-state index contributed by atoms with van der Waals surface area (Å²) in [6.07, 6.45) is 6.56. The van der Waals surface area contributed by atoms with Crippen LogP contribution in [0.3, 0.4) is 0 Å². The fourth-order valence-electron chi connectivity index (χ4n) is 2.58. The molecule has 0 unspecified atom stereocenters. The van der Waals surface area contributed by atoms with Gasteiger partial charge in [-0.3, -0.25) is 9.78 Å². The van der Waals surface area contributed by atoms with Crippen molar-refractivity contribution in [3.63, 3.8) is 0 Å². The Morgan fingerprint density at radius 2 is 2.23 bits per heavy atom. The van der Waals surface area contributed by atoms with Gasteiger partial charge in [-0.25, -0.2) is 4.98 Å². The fraction of sp³-hybridized carbons (Fsp3) is 0.235. The number of carbonyl (C=O) groups excluding carboxylic acids is 1. The minimum atomic E-state index is -0.0832. The summed E-state index contributed by atoms with van der Waals surface area (Å²) in [5.74, 6) is -0.0832. The first kappa shape index (κ1) is 14.7. The van der Waals surface area contributed by atoms with Crippen molar-refractivity contribution in [2.45, 2.75) is 13.3 Å². The lowest BCUT2D eigenvalue weighted by atomic mass is 10.0. The Morgan fingerprint density at radius 1 is 1.36 bits per heavy atom. The topological polar surface area (TPSA) is 46.1 Å². The first-order chi connectivity index (χ1) is 10.6. The molecule has 5 heteroatoms. The molecule has 0 aromatic carbocycles. The highest BCUT2D eigenvalue weighted by molar-refractivity contribution is 6.29. The van der Waals surface area contributed by atoms with Crippen LogP contribution in [0.2, 0.25) is 5.15 Å². The summed E-state index contributed by atoms with van der Waals surface area (Å²) in [4.78, 5) is 22.7. The lowest BCUT2D eigenvalue weighted by molar-refractivity contribution is 0.0769. The van der Waals surface area contributed by atoms with Gasteiger partial charge in [0.15, 0.2) is 0 Å². The van der Waals surface area contributed by atoms with Gasteiger partial charge in [0.2, 0.25) is 0 Å². The van der Waals surface area contributed by atoms with E-state index in [4.69, 9.17) is 11.6 Å². The van der Waals surface area contributed by atoms with Gasteiger partial charge in [0, 0.05) is 25.5 Å². The number of hydrogen-bond acceptors (Lipinski definition) is 3. The quantitative estimate of drug-likeness (QED) is 0.799. The van der Waals surface area contributed by atoms with E-state index in [2.05, 4.69) is 16.0 Å². The number of rotatable bonds is 2. The van der Waals surface area contributed by atoms with Gasteiger partial charge in [-0.05, 0) is 48.2 Å². The zero-order chi connectivity index (χ0) is 15.5. The second kappa shape index (κ2) is 6.28. The zero-order valence-electron chi connectivity index (χ0n) is 12.3. The van der Waals surface area contributed by atoms with Crippen LogP contribution in [0.25, 0.3) is 5.57 Å². The molecule has 3 rings (SSSR count). The van der Waals surface area contributed by atoms with E-state index in [1.54, 1.807) is 23.2 Å². The highest BCUT2D eigenvalue weighted by Gasteiger charge is 2.21. The van der Waals surface area contributed by atoms with Crippen molar-refractivity contribution in [2.24, 2.45) is 0 Å². The molecule has 0 atom stereocenters. The maximum Gasteiger partial charge on any atom is 0.272 e. The standard InChI is InChI=1S/C17H16ClN3O/c1-12-8-15(20-16(18)9-12)17(22)21-7-3-5-14(11-21)13-4-2-6-19-10-13/h2,4-6,8-10H,3,7,11H2,1H3. The van der Waals surface area contributed by atoms with E-state index in [1.165, 1.54) is 0 Å². The van der Waals surface area contributed by atoms with E-state index in [-0.39, 0.29) is 5.91 Å². The summed E-state index contributed by atoms with van der Waals surface area (Å²) in [6.45, 7) is 3.16. The molecule has 0 spiro atoms. The number of halogens is 1. The number of aryl methyl sites for hydroxylation is 1. The number of aromatic nitrogens is 2. The number of nitrogens with zero attached hydrogens (tertiary/aromatic N) is 3.